The van der Waals surface area contributed by atoms with E-state index in [1.54, 1.807) is 12.1 Å². The maximum absolute atomic E-state index is 11.2. The molecular formula is C9H10N2O2S. The Morgan fingerprint density at radius 2 is 2.00 bits per heavy atom. The van der Waals surface area contributed by atoms with Gasteiger partial charge in [0.05, 0.1) is 7.11 Å². The topological polar surface area (TPSA) is 50.4 Å². The van der Waals surface area contributed by atoms with Crippen LogP contribution in [0.25, 0.3) is 0 Å². The number of methoxy groups -OCH3 is 1. The molecule has 1 aromatic carbocycles. The predicted octanol–water partition coefficient (Wildman–Crippen LogP) is 1.74. The van der Waals surface area contributed by atoms with E-state index in [2.05, 4.69) is 27.6 Å². The van der Waals surface area contributed by atoms with E-state index >= 15 is 0 Å². The van der Waals surface area contributed by atoms with Crippen molar-refractivity contribution in [2.45, 2.75) is 0 Å². The molecule has 0 spiro atoms. The molecular weight excluding hydrogens is 200 g/mol. The molecule has 2 N–H and O–H groups in total. The van der Waals surface area contributed by atoms with Crippen molar-refractivity contribution in [2.75, 3.05) is 12.4 Å². The largest absolute Gasteiger partial charge is 0.474 e. The van der Waals surface area contributed by atoms with Gasteiger partial charge in [-0.1, -0.05) is 18.2 Å². The van der Waals surface area contributed by atoms with E-state index in [4.69, 9.17) is 0 Å². The number of nitrogens with one attached hydrogen (secondary N) is 2. The summed E-state index contributed by atoms with van der Waals surface area (Å²) in [5.74, 6) is 0. The minimum Gasteiger partial charge on any atom is -0.474 e. The molecule has 2 amide bonds. The zero-order chi connectivity index (χ0) is 10.4. The monoisotopic (exact) mass is 210 g/mol. The lowest BCUT2D eigenvalue weighted by molar-refractivity contribution is 0.253. The van der Waals surface area contributed by atoms with Crippen LogP contribution in [0.4, 0.5) is 10.5 Å². The number of carbonyl (C=O) groups excluding carboxylic acids is 1. The lowest BCUT2D eigenvalue weighted by Crippen LogP contribution is -2.33. The number of carbonyl (C=O) groups is 1. The average Bonchev–Trinajstić information content (AvgIpc) is 2.19. The van der Waals surface area contributed by atoms with E-state index in [0.717, 1.165) is 0 Å². The third-order valence-corrected chi connectivity index (χ3v) is 1.70. The molecule has 0 saturated heterocycles. The second-order valence-electron chi connectivity index (χ2n) is 2.44. The first-order chi connectivity index (χ1) is 6.72. The maximum atomic E-state index is 11.2. The number of urea groups is 1. The van der Waals surface area contributed by atoms with Gasteiger partial charge < -0.3 is 10.1 Å². The minimum atomic E-state index is -0.414. The second-order valence-corrected chi connectivity index (χ2v) is 2.81. The van der Waals surface area contributed by atoms with Crippen LogP contribution in [0.2, 0.25) is 0 Å². The highest BCUT2D eigenvalue weighted by Crippen LogP contribution is 2.03. The maximum Gasteiger partial charge on any atom is 0.326 e. The number of rotatable bonds is 1. The molecule has 4 nitrogen and oxygen atoms in total. The zero-order valence-electron chi connectivity index (χ0n) is 7.61. The highest BCUT2D eigenvalue weighted by Gasteiger charge is 2.02. The van der Waals surface area contributed by atoms with Crippen molar-refractivity contribution in [2.24, 2.45) is 0 Å². The molecule has 0 bridgehead atoms. The summed E-state index contributed by atoms with van der Waals surface area (Å²) >= 11 is 4.65. The Morgan fingerprint density at radius 3 is 2.57 bits per heavy atom. The molecule has 0 aromatic heterocycles. The molecule has 74 valence electrons. The van der Waals surface area contributed by atoms with E-state index in [-0.39, 0.29) is 5.17 Å². The van der Waals surface area contributed by atoms with Gasteiger partial charge in [0, 0.05) is 5.69 Å². The molecule has 1 rings (SSSR count). The molecule has 0 aliphatic heterocycles. The van der Waals surface area contributed by atoms with E-state index < -0.39 is 6.03 Å². The van der Waals surface area contributed by atoms with Gasteiger partial charge in [0.2, 0.25) is 0 Å². The number of amides is 2. The molecule has 0 saturated carbocycles. The summed E-state index contributed by atoms with van der Waals surface area (Å²) in [6.07, 6.45) is 0. The Hall–Kier alpha value is -1.62. The smallest absolute Gasteiger partial charge is 0.326 e. The Morgan fingerprint density at radius 1 is 1.36 bits per heavy atom. The van der Waals surface area contributed by atoms with Gasteiger partial charge in [-0.25, -0.2) is 4.79 Å². The summed E-state index contributed by atoms with van der Waals surface area (Å²) in [5, 5.41) is 4.97. The molecule has 0 radical (unpaired) electrons. The number of hydrogen-bond acceptors (Lipinski definition) is 3. The quantitative estimate of drug-likeness (QED) is 0.694. The minimum absolute atomic E-state index is 0.0402. The second kappa shape index (κ2) is 5.18. The van der Waals surface area contributed by atoms with Gasteiger partial charge in [0.25, 0.3) is 5.17 Å². The van der Waals surface area contributed by atoms with Crippen molar-refractivity contribution >= 4 is 29.1 Å². The predicted molar refractivity (Wildman–Crippen MR) is 58.2 cm³/mol. The van der Waals surface area contributed by atoms with E-state index in [1.165, 1.54) is 7.11 Å². The molecule has 14 heavy (non-hydrogen) atoms. The lowest BCUT2D eigenvalue weighted by Gasteiger charge is -2.06. The van der Waals surface area contributed by atoms with Gasteiger partial charge in [-0.05, 0) is 24.4 Å². The first-order valence-corrected chi connectivity index (χ1v) is 4.34. The third-order valence-electron chi connectivity index (χ3n) is 1.43. The van der Waals surface area contributed by atoms with Crippen molar-refractivity contribution in [3.05, 3.63) is 30.3 Å². The van der Waals surface area contributed by atoms with Crippen molar-refractivity contribution in [1.82, 2.24) is 5.32 Å². The van der Waals surface area contributed by atoms with Crippen LogP contribution in [-0.2, 0) is 4.74 Å². The molecule has 0 atom stereocenters. The van der Waals surface area contributed by atoms with E-state index in [1.807, 2.05) is 18.2 Å². The van der Waals surface area contributed by atoms with Gasteiger partial charge in [0.15, 0.2) is 0 Å². The van der Waals surface area contributed by atoms with Crippen molar-refractivity contribution in [1.29, 1.82) is 0 Å². The number of anilines is 1. The van der Waals surface area contributed by atoms with Gasteiger partial charge >= 0.3 is 6.03 Å². The SMILES string of the molecule is COC(=S)NC(=O)Nc1ccccc1. The molecule has 0 heterocycles. The molecule has 0 aliphatic rings. The summed E-state index contributed by atoms with van der Waals surface area (Å²) in [6, 6.07) is 8.64. The number of benzene rings is 1. The molecule has 1 aromatic rings. The summed E-state index contributed by atoms with van der Waals surface area (Å²) in [5.41, 5.74) is 0.698. The van der Waals surface area contributed by atoms with Crippen LogP contribution >= 0.6 is 12.2 Å². The van der Waals surface area contributed by atoms with Crippen molar-refractivity contribution in [3.8, 4) is 0 Å². The number of ether oxygens (including phenoxy) is 1. The number of hydrogen-bond donors (Lipinski definition) is 2. The van der Waals surface area contributed by atoms with Crippen LogP contribution in [0.5, 0.6) is 0 Å². The normalized spacial score (nSPS) is 8.93. The first kappa shape index (κ1) is 10.5. The molecule has 0 unspecified atom stereocenters. The van der Waals surface area contributed by atoms with E-state index in [0.29, 0.717) is 5.69 Å². The summed E-state index contributed by atoms with van der Waals surface area (Å²) in [6.45, 7) is 0. The summed E-state index contributed by atoms with van der Waals surface area (Å²) < 4.78 is 4.62. The molecule has 0 fully saturated rings. The van der Waals surface area contributed by atoms with Crippen LogP contribution in [0, 0.1) is 0 Å². The van der Waals surface area contributed by atoms with Gasteiger partial charge in [-0.2, -0.15) is 0 Å². The van der Waals surface area contributed by atoms with Crippen LogP contribution in [0.15, 0.2) is 30.3 Å². The third kappa shape index (κ3) is 3.40. The lowest BCUT2D eigenvalue weighted by atomic mass is 10.3. The fraction of sp³-hybridized carbons (Fsp3) is 0.111. The summed E-state index contributed by atoms with van der Waals surface area (Å²) in [4.78, 5) is 11.2. The fourth-order valence-electron chi connectivity index (χ4n) is 0.828. The highest BCUT2D eigenvalue weighted by atomic mass is 32.1. The summed E-state index contributed by atoms with van der Waals surface area (Å²) in [7, 11) is 1.39. The van der Waals surface area contributed by atoms with Crippen LogP contribution in [0.1, 0.15) is 0 Å². The Kier molecular flexibility index (Phi) is 3.87. The standard InChI is InChI=1S/C9H10N2O2S/c1-13-9(14)11-8(12)10-7-5-3-2-4-6-7/h2-6H,1H3,(H2,10,11,12,14). The van der Waals surface area contributed by atoms with Crippen molar-refractivity contribution in [3.63, 3.8) is 0 Å². The van der Waals surface area contributed by atoms with Gasteiger partial charge in [-0.3, -0.25) is 5.32 Å². The number of para-hydroxylation sites is 1. The van der Waals surface area contributed by atoms with Gasteiger partial charge in [-0.15, -0.1) is 0 Å². The Bertz CT molecular complexity index is 327. The Balaban J connectivity index is 2.46. The van der Waals surface area contributed by atoms with Crippen LogP contribution in [0.3, 0.4) is 0 Å². The zero-order valence-corrected chi connectivity index (χ0v) is 8.43. The van der Waals surface area contributed by atoms with Gasteiger partial charge in [0.1, 0.15) is 0 Å². The first-order valence-electron chi connectivity index (χ1n) is 3.93. The molecule has 0 aliphatic carbocycles. The van der Waals surface area contributed by atoms with Crippen molar-refractivity contribution < 1.29 is 9.53 Å². The molecule has 5 heteroatoms. The Labute approximate surface area is 87.3 Å². The van der Waals surface area contributed by atoms with Crippen LogP contribution in [-0.4, -0.2) is 18.3 Å². The fourth-order valence-corrected chi connectivity index (χ4v) is 0.920. The number of thiocarbonyl (C=S) groups is 1. The average molecular weight is 210 g/mol. The highest BCUT2D eigenvalue weighted by molar-refractivity contribution is 7.80. The van der Waals surface area contributed by atoms with E-state index in [9.17, 15) is 4.79 Å². The van der Waals surface area contributed by atoms with Crippen LogP contribution < -0.4 is 10.6 Å².